The molecule has 0 aliphatic carbocycles. The highest BCUT2D eigenvalue weighted by Crippen LogP contribution is 2.28. The Hall–Kier alpha value is -1.60. The molecule has 0 bridgehead atoms. The third kappa shape index (κ3) is 2.46. The molecular formula is C10H7ClF3N3O. The Balaban J connectivity index is 2.40. The number of halogens is 4. The van der Waals surface area contributed by atoms with Crippen molar-refractivity contribution in [2.75, 3.05) is 0 Å². The second-order valence-electron chi connectivity index (χ2n) is 3.45. The Labute approximate surface area is 105 Å². The van der Waals surface area contributed by atoms with Crippen LogP contribution >= 0.6 is 11.6 Å². The van der Waals surface area contributed by atoms with Gasteiger partial charge in [0.1, 0.15) is 0 Å². The zero-order valence-electron chi connectivity index (χ0n) is 8.82. The second-order valence-corrected chi connectivity index (χ2v) is 3.86. The summed E-state index contributed by atoms with van der Waals surface area (Å²) in [6.07, 6.45) is -2.07. The highest BCUT2D eigenvalue weighted by Gasteiger charge is 2.33. The fourth-order valence-electron chi connectivity index (χ4n) is 1.32. The summed E-state index contributed by atoms with van der Waals surface area (Å²) in [6.45, 7) is -0.250. The molecule has 0 fully saturated rings. The van der Waals surface area contributed by atoms with Gasteiger partial charge < -0.3 is 5.11 Å². The average molecular weight is 278 g/mol. The highest BCUT2D eigenvalue weighted by molar-refractivity contribution is 6.32. The van der Waals surface area contributed by atoms with E-state index in [9.17, 15) is 13.2 Å². The molecule has 18 heavy (non-hydrogen) atoms. The average Bonchev–Trinajstić information content (AvgIpc) is 2.77. The SMILES string of the molecule is OCc1cnc(-n2ccc(C(F)(F)F)n2)c(Cl)c1. The Bertz CT molecular complexity index is 568. The number of rotatable bonds is 2. The number of aromatic nitrogens is 3. The molecule has 0 saturated carbocycles. The third-order valence-corrected chi connectivity index (χ3v) is 2.44. The van der Waals surface area contributed by atoms with E-state index in [-0.39, 0.29) is 17.4 Å². The summed E-state index contributed by atoms with van der Waals surface area (Å²) in [5.74, 6) is 0.0735. The molecule has 2 aromatic heterocycles. The van der Waals surface area contributed by atoms with E-state index < -0.39 is 11.9 Å². The summed E-state index contributed by atoms with van der Waals surface area (Å²) in [5.41, 5.74) is -0.557. The van der Waals surface area contributed by atoms with E-state index in [0.717, 1.165) is 16.9 Å². The van der Waals surface area contributed by atoms with E-state index >= 15 is 0 Å². The minimum Gasteiger partial charge on any atom is -0.392 e. The lowest BCUT2D eigenvalue weighted by Gasteiger charge is -2.05. The molecular weight excluding hydrogens is 271 g/mol. The Morgan fingerprint density at radius 3 is 2.61 bits per heavy atom. The van der Waals surface area contributed by atoms with Crippen LogP contribution < -0.4 is 0 Å². The van der Waals surface area contributed by atoms with Gasteiger partial charge in [-0.25, -0.2) is 9.67 Å². The number of nitrogens with zero attached hydrogens (tertiary/aromatic N) is 3. The lowest BCUT2D eigenvalue weighted by atomic mass is 10.3. The molecule has 2 rings (SSSR count). The minimum absolute atomic E-state index is 0.0735. The summed E-state index contributed by atoms with van der Waals surface area (Å²) in [4.78, 5) is 3.86. The molecule has 0 saturated heterocycles. The highest BCUT2D eigenvalue weighted by atomic mass is 35.5. The van der Waals surface area contributed by atoms with Crippen molar-refractivity contribution in [3.63, 3.8) is 0 Å². The van der Waals surface area contributed by atoms with E-state index in [2.05, 4.69) is 10.1 Å². The summed E-state index contributed by atoms with van der Waals surface area (Å²) in [5, 5.41) is 12.3. The van der Waals surface area contributed by atoms with Gasteiger partial charge in [0.15, 0.2) is 11.5 Å². The zero-order chi connectivity index (χ0) is 13.3. The van der Waals surface area contributed by atoms with Crippen molar-refractivity contribution < 1.29 is 18.3 Å². The first kappa shape index (κ1) is 12.8. The first-order valence-corrected chi connectivity index (χ1v) is 5.18. The topological polar surface area (TPSA) is 50.9 Å². The number of hydrogen-bond donors (Lipinski definition) is 1. The lowest BCUT2D eigenvalue weighted by Crippen LogP contribution is -2.08. The third-order valence-electron chi connectivity index (χ3n) is 2.16. The van der Waals surface area contributed by atoms with Gasteiger partial charge in [-0.2, -0.15) is 18.3 Å². The largest absolute Gasteiger partial charge is 0.435 e. The number of pyridine rings is 1. The van der Waals surface area contributed by atoms with Gasteiger partial charge in [-0.15, -0.1) is 0 Å². The predicted octanol–water partition coefficient (Wildman–Crippen LogP) is 2.43. The molecule has 0 amide bonds. The standard InChI is InChI=1S/C10H7ClF3N3O/c11-7-3-6(5-18)4-15-9(7)17-2-1-8(16-17)10(12,13)14/h1-4,18H,5H2. The van der Waals surface area contributed by atoms with Crippen molar-refractivity contribution in [3.8, 4) is 5.82 Å². The first-order valence-electron chi connectivity index (χ1n) is 4.80. The molecule has 2 heterocycles. The predicted molar refractivity (Wildman–Crippen MR) is 57.3 cm³/mol. The van der Waals surface area contributed by atoms with Crippen LogP contribution in [0.3, 0.4) is 0 Å². The maximum Gasteiger partial charge on any atom is 0.435 e. The smallest absolute Gasteiger partial charge is 0.392 e. The Kier molecular flexibility index (Phi) is 3.27. The van der Waals surface area contributed by atoms with Crippen LogP contribution in [0, 0.1) is 0 Å². The lowest BCUT2D eigenvalue weighted by molar-refractivity contribution is -0.141. The quantitative estimate of drug-likeness (QED) is 0.917. The summed E-state index contributed by atoms with van der Waals surface area (Å²) >= 11 is 5.85. The van der Waals surface area contributed by atoms with Gasteiger partial charge in [0, 0.05) is 12.4 Å². The van der Waals surface area contributed by atoms with Crippen molar-refractivity contribution in [3.05, 3.63) is 40.8 Å². The van der Waals surface area contributed by atoms with E-state index in [4.69, 9.17) is 16.7 Å². The first-order chi connectivity index (χ1) is 8.41. The molecule has 0 aromatic carbocycles. The number of aliphatic hydroxyl groups excluding tert-OH is 1. The zero-order valence-corrected chi connectivity index (χ0v) is 9.57. The van der Waals surface area contributed by atoms with Gasteiger partial charge in [-0.05, 0) is 17.7 Å². The van der Waals surface area contributed by atoms with Gasteiger partial charge >= 0.3 is 6.18 Å². The minimum atomic E-state index is -4.51. The molecule has 0 atom stereocenters. The van der Waals surface area contributed by atoms with E-state index in [1.54, 1.807) is 0 Å². The maximum atomic E-state index is 12.4. The summed E-state index contributed by atoms with van der Waals surface area (Å²) < 4.78 is 38.1. The van der Waals surface area contributed by atoms with Crippen molar-refractivity contribution in [1.29, 1.82) is 0 Å². The Morgan fingerprint density at radius 1 is 1.39 bits per heavy atom. The van der Waals surface area contributed by atoms with Gasteiger partial charge in [0.25, 0.3) is 0 Å². The van der Waals surface area contributed by atoms with Crippen LogP contribution in [0.1, 0.15) is 11.3 Å². The van der Waals surface area contributed by atoms with Crippen molar-refractivity contribution in [1.82, 2.24) is 14.8 Å². The van der Waals surface area contributed by atoms with Gasteiger partial charge in [0.05, 0.1) is 11.6 Å². The van der Waals surface area contributed by atoms with Crippen LogP contribution in [-0.4, -0.2) is 19.9 Å². The molecule has 0 unspecified atom stereocenters. The fourth-order valence-corrected chi connectivity index (χ4v) is 1.59. The number of hydrogen-bond acceptors (Lipinski definition) is 3. The van der Waals surface area contributed by atoms with E-state index in [1.807, 2.05) is 0 Å². The van der Waals surface area contributed by atoms with Crippen molar-refractivity contribution in [2.45, 2.75) is 12.8 Å². The normalized spacial score (nSPS) is 11.8. The monoisotopic (exact) mass is 277 g/mol. The van der Waals surface area contributed by atoms with Crippen LogP contribution in [-0.2, 0) is 12.8 Å². The molecule has 4 nitrogen and oxygen atoms in total. The van der Waals surface area contributed by atoms with Crippen LogP contribution in [0.2, 0.25) is 5.02 Å². The van der Waals surface area contributed by atoms with Crippen LogP contribution in [0.25, 0.3) is 5.82 Å². The molecule has 0 radical (unpaired) electrons. The van der Waals surface area contributed by atoms with E-state index in [1.165, 1.54) is 12.3 Å². The summed E-state index contributed by atoms with van der Waals surface area (Å²) in [6, 6.07) is 2.25. The van der Waals surface area contributed by atoms with Crippen LogP contribution in [0.5, 0.6) is 0 Å². The van der Waals surface area contributed by atoms with E-state index in [0.29, 0.717) is 5.56 Å². The molecule has 0 aliphatic heterocycles. The van der Waals surface area contributed by atoms with Crippen molar-refractivity contribution in [2.24, 2.45) is 0 Å². The van der Waals surface area contributed by atoms with Crippen LogP contribution in [0.4, 0.5) is 13.2 Å². The number of aliphatic hydroxyl groups is 1. The molecule has 1 N–H and O–H groups in total. The molecule has 2 aromatic rings. The number of alkyl halides is 3. The molecule has 0 spiro atoms. The Morgan fingerprint density at radius 2 is 2.11 bits per heavy atom. The molecule has 8 heteroatoms. The van der Waals surface area contributed by atoms with Gasteiger partial charge in [0.2, 0.25) is 0 Å². The second kappa shape index (κ2) is 4.58. The molecule has 96 valence electrons. The van der Waals surface area contributed by atoms with Crippen LogP contribution in [0.15, 0.2) is 24.5 Å². The maximum absolute atomic E-state index is 12.4. The van der Waals surface area contributed by atoms with Gasteiger partial charge in [-0.1, -0.05) is 11.6 Å². The van der Waals surface area contributed by atoms with Gasteiger partial charge in [-0.3, -0.25) is 0 Å². The van der Waals surface area contributed by atoms with Crippen molar-refractivity contribution >= 4 is 11.6 Å². The fraction of sp³-hybridized carbons (Fsp3) is 0.200. The molecule has 0 aliphatic rings. The summed E-state index contributed by atoms with van der Waals surface area (Å²) in [7, 11) is 0.